The first kappa shape index (κ1) is 14.3. The van der Waals surface area contributed by atoms with E-state index in [4.69, 9.17) is 4.74 Å². The van der Waals surface area contributed by atoms with Crippen LogP contribution in [0.2, 0.25) is 0 Å². The highest BCUT2D eigenvalue weighted by atomic mass is 16.5. The van der Waals surface area contributed by atoms with Crippen LogP contribution in [0.3, 0.4) is 0 Å². The molecule has 0 spiro atoms. The lowest BCUT2D eigenvalue weighted by molar-refractivity contribution is -0.0235. The Morgan fingerprint density at radius 3 is 2.61 bits per heavy atom. The average Bonchev–Trinajstić information content (AvgIpc) is 2.81. The van der Waals surface area contributed by atoms with Gasteiger partial charge in [0, 0.05) is 12.6 Å². The minimum absolute atomic E-state index is 0.345. The largest absolute Gasteiger partial charge is 0.389 e. The molecule has 0 aromatic heterocycles. The van der Waals surface area contributed by atoms with Gasteiger partial charge in [-0.25, -0.2) is 0 Å². The van der Waals surface area contributed by atoms with Crippen LogP contribution in [0.1, 0.15) is 58.3 Å². The van der Waals surface area contributed by atoms with Crippen molar-refractivity contribution in [2.45, 2.75) is 76.5 Å². The Morgan fingerprint density at radius 1 is 1.17 bits per heavy atom. The maximum Gasteiger partial charge on any atom is 0.0897 e. The molecule has 2 saturated carbocycles. The maximum absolute atomic E-state index is 9.92. The van der Waals surface area contributed by atoms with Crippen LogP contribution < -0.4 is 5.32 Å². The summed E-state index contributed by atoms with van der Waals surface area (Å²) in [5, 5.41) is 13.4. The van der Waals surface area contributed by atoms with Crippen LogP contribution in [0.25, 0.3) is 0 Å². The summed E-state index contributed by atoms with van der Waals surface area (Å²) in [6.07, 6.45) is 10.2. The van der Waals surface area contributed by atoms with Gasteiger partial charge >= 0.3 is 0 Å². The van der Waals surface area contributed by atoms with Gasteiger partial charge in [0.1, 0.15) is 0 Å². The SMILES string of the molecule is CC1CCC(NCC(O)COC2CCCCC2)C1. The lowest BCUT2D eigenvalue weighted by Crippen LogP contribution is -2.37. The van der Waals surface area contributed by atoms with Gasteiger partial charge in [-0.05, 0) is 38.0 Å². The van der Waals surface area contributed by atoms with E-state index in [2.05, 4.69) is 12.2 Å². The van der Waals surface area contributed by atoms with E-state index in [0.717, 1.165) is 5.92 Å². The Kier molecular flexibility index (Phi) is 5.93. The highest BCUT2D eigenvalue weighted by Crippen LogP contribution is 2.24. The summed E-state index contributed by atoms with van der Waals surface area (Å²) in [7, 11) is 0. The summed E-state index contributed by atoms with van der Waals surface area (Å²) < 4.78 is 5.79. The fraction of sp³-hybridized carbons (Fsp3) is 1.00. The summed E-state index contributed by atoms with van der Waals surface area (Å²) in [5.74, 6) is 0.845. The van der Waals surface area contributed by atoms with Gasteiger partial charge in [0.15, 0.2) is 0 Å². The molecule has 106 valence electrons. The van der Waals surface area contributed by atoms with Crippen LogP contribution in [-0.4, -0.2) is 36.5 Å². The monoisotopic (exact) mass is 255 g/mol. The molecule has 3 heteroatoms. The number of nitrogens with one attached hydrogen (secondary N) is 1. The summed E-state index contributed by atoms with van der Waals surface area (Å²) in [5.41, 5.74) is 0. The van der Waals surface area contributed by atoms with E-state index >= 15 is 0 Å². The summed E-state index contributed by atoms with van der Waals surface area (Å²) in [6, 6.07) is 0.615. The lowest BCUT2D eigenvalue weighted by Gasteiger charge is -2.24. The van der Waals surface area contributed by atoms with E-state index in [-0.39, 0.29) is 6.10 Å². The molecule has 2 N–H and O–H groups in total. The maximum atomic E-state index is 9.92. The Labute approximate surface area is 111 Å². The molecule has 0 amide bonds. The highest BCUT2D eigenvalue weighted by molar-refractivity contribution is 4.79. The van der Waals surface area contributed by atoms with Gasteiger partial charge < -0.3 is 15.2 Å². The van der Waals surface area contributed by atoms with Crippen molar-refractivity contribution in [2.24, 2.45) is 5.92 Å². The number of ether oxygens (including phenoxy) is 1. The minimum Gasteiger partial charge on any atom is -0.389 e. The van der Waals surface area contributed by atoms with E-state index in [1.807, 2.05) is 0 Å². The number of aliphatic hydroxyl groups is 1. The zero-order valence-corrected chi connectivity index (χ0v) is 11.7. The Morgan fingerprint density at radius 2 is 1.94 bits per heavy atom. The van der Waals surface area contributed by atoms with Crippen molar-refractivity contribution in [1.29, 1.82) is 0 Å². The predicted molar refractivity (Wildman–Crippen MR) is 73.6 cm³/mol. The third kappa shape index (κ3) is 4.87. The molecule has 2 aliphatic rings. The van der Waals surface area contributed by atoms with E-state index in [9.17, 15) is 5.11 Å². The van der Waals surface area contributed by atoms with Crippen LogP contribution in [0.4, 0.5) is 0 Å². The molecular weight excluding hydrogens is 226 g/mol. The van der Waals surface area contributed by atoms with E-state index in [1.54, 1.807) is 0 Å². The second-order valence-corrected chi connectivity index (χ2v) is 6.27. The molecule has 3 atom stereocenters. The van der Waals surface area contributed by atoms with E-state index < -0.39 is 0 Å². The van der Waals surface area contributed by atoms with Crippen LogP contribution in [0, 0.1) is 5.92 Å². The van der Waals surface area contributed by atoms with Crippen LogP contribution in [-0.2, 0) is 4.74 Å². The molecule has 0 heterocycles. The second kappa shape index (κ2) is 7.46. The van der Waals surface area contributed by atoms with Gasteiger partial charge in [-0.1, -0.05) is 26.2 Å². The van der Waals surface area contributed by atoms with Gasteiger partial charge in [0.05, 0.1) is 18.8 Å². The van der Waals surface area contributed by atoms with Crippen LogP contribution in [0.5, 0.6) is 0 Å². The van der Waals surface area contributed by atoms with Crippen LogP contribution in [0.15, 0.2) is 0 Å². The van der Waals surface area contributed by atoms with Crippen molar-refractivity contribution in [3.05, 3.63) is 0 Å². The average molecular weight is 255 g/mol. The third-order valence-corrected chi connectivity index (χ3v) is 4.41. The van der Waals surface area contributed by atoms with E-state index in [1.165, 1.54) is 51.4 Å². The van der Waals surface area contributed by atoms with Gasteiger partial charge in [-0.3, -0.25) is 0 Å². The summed E-state index contributed by atoms with van der Waals surface area (Å²) >= 11 is 0. The molecule has 0 bridgehead atoms. The molecule has 3 nitrogen and oxygen atoms in total. The van der Waals surface area contributed by atoms with Gasteiger partial charge in [-0.2, -0.15) is 0 Å². The quantitative estimate of drug-likeness (QED) is 0.766. The minimum atomic E-state index is -0.345. The van der Waals surface area contributed by atoms with Crippen molar-refractivity contribution >= 4 is 0 Å². The van der Waals surface area contributed by atoms with Crippen molar-refractivity contribution < 1.29 is 9.84 Å². The molecule has 18 heavy (non-hydrogen) atoms. The van der Waals surface area contributed by atoms with Gasteiger partial charge in [-0.15, -0.1) is 0 Å². The second-order valence-electron chi connectivity index (χ2n) is 6.27. The first-order valence-electron chi connectivity index (χ1n) is 7.77. The topological polar surface area (TPSA) is 41.5 Å². The molecule has 0 aliphatic heterocycles. The number of rotatable bonds is 6. The zero-order valence-electron chi connectivity index (χ0n) is 11.7. The van der Waals surface area contributed by atoms with E-state index in [0.29, 0.717) is 25.3 Å². The molecule has 0 aromatic rings. The molecule has 0 radical (unpaired) electrons. The first-order chi connectivity index (χ1) is 8.74. The van der Waals surface area contributed by atoms with Crippen molar-refractivity contribution in [3.8, 4) is 0 Å². The highest BCUT2D eigenvalue weighted by Gasteiger charge is 2.21. The number of hydrogen-bond donors (Lipinski definition) is 2. The smallest absolute Gasteiger partial charge is 0.0897 e. The fourth-order valence-corrected chi connectivity index (χ4v) is 3.23. The normalized spacial score (nSPS) is 31.7. The molecule has 0 aromatic carbocycles. The molecular formula is C15H29NO2. The van der Waals surface area contributed by atoms with Crippen LogP contribution >= 0.6 is 0 Å². The third-order valence-electron chi connectivity index (χ3n) is 4.41. The number of hydrogen-bond acceptors (Lipinski definition) is 3. The molecule has 2 fully saturated rings. The Bertz CT molecular complexity index is 220. The first-order valence-corrected chi connectivity index (χ1v) is 7.77. The molecule has 2 aliphatic carbocycles. The summed E-state index contributed by atoms with van der Waals surface area (Å²) in [6.45, 7) is 3.49. The van der Waals surface area contributed by atoms with Gasteiger partial charge in [0.25, 0.3) is 0 Å². The fourth-order valence-electron chi connectivity index (χ4n) is 3.23. The Balaban J connectivity index is 1.53. The van der Waals surface area contributed by atoms with Crippen molar-refractivity contribution in [1.82, 2.24) is 5.32 Å². The van der Waals surface area contributed by atoms with Gasteiger partial charge in [0.2, 0.25) is 0 Å². The number of aliphatic hydroxyl groups excluding tert-OH is 1. The molecule has 0 saturated heterocycles. The standard InChI is InChI=1S/C15H29NO2/c1-12-7-8-13(9-12)16-10-14(17)11-18-15-5-3-2-4-6-15/h12-17H,2-11H2,1H3. The summed E-state index contributed by atoms with van der Waals surface area (Å²) in [4.78, 5) is 0. The lowest BCUT2D eigenvalue weighted by atomic mass is 9.98. The predicted octanol–water partition coefficient (Wildman–Crippen LogP) is 2.47. The van der Waals surface area contributed by atoms with Crippen molar-refractivity contribution in [3.63, 3.8) is 0 Å². The van der Waals surface area contributed by atoms with Crippen molar-refractivity contribution in [2.75, 3.05) is 13.2 Å². The molecule has 3 unspecified atom stereocenters. The Hall–Kier alpha value is -0.120. The molecule has 2 rings (SSSR count). The zero-order chi connectivity index (χ0) is 12.8.